The van der Waals surface area contributed by atoms with Crippen LogP contribution in [0.2, 0.25) is 0 Å². The highest BCUT2D eigenvalue weighted by Crippen LogP contribution is 2.32. The van der Waals surface area contributed by atoms with E-state index in [1.165, 1.54) is 11.8 Å². The number of hydrogen-bond donors (Lipinski definition) is 2. The van der Waals surface area contributed by atoms with Crippen LogP contribution in [-0.4, -0.2) is 26.8 Å². The third kappa shape index (κ3) is 4.47. The Morgan fingerprint density at radius 2 is 2.05 bits per heavy atom. The van der Waals surface area contributed by atoms with Crippen molar-refractivity contribution >= 4 is 29.1 Å². The van der Waals surface area contributed by atoms with Crippen molar-refractivity contribution in [1.82, 2.24) is 4.98 Å². The van der Waals surface area contributed by atoms with Gasteiger partial charge in [-0.1, -0.05) is 20.8 Å². The normalized spacial score (nSPS) is 14.4. The smallest absolute Gasteiger partial charge is 0.321 e. The van der Waals surface area contributed by atoms with Crippen LogP contribution in [0.25, 0.3) is 0 Å². The van der Waals surface area contributed by atoms with Crippen molar-refractivity contribution in [1.29, 1.82) is 0 Å². The molecule has 0 aliphatic heterocycles. The third-order valence-electron chi connectivity index (χ3n) is 2.80. The molecule has 0 saturated carbocycles. The van der Waals surface area contributed by atoms with Gasteiger partial charge in [-0.15, -0.1) is 23.1 Å². The SMILES string of the molecule is CC(C)(C)c1nc(CSC(C)(C)[C@H](N)C(=O)O)cs1. The summed E-state index contributed by atoms with van der Waals surface area (Å²) in [5.74, 6) is -0.285. The van der Waals surface area contributed by atoms with Gasteiger partial charge in [-0.3, -0.25) is 4.79 Å². The van der Waals surface area contributed by atoms with E-state index >= 15 is 0 Å². The van der Waals surface area contributed by atoms with Gasteiger partial charge in [0.1, 0.15) is 6.04 Å². The molecule has 1 heterocycles. The lowest BCUT2D eigenvalue weighted by atomic mass is 9.98. The summed E-state index contributed by atoms with van der Waals surface area (Å²) in [6.45, 7) is 10.1. The van der Waals surface area contributed by atoms with Crippen LogP contribution in [0.4, 0.5) is 0 Å². The molecule has 0 saturated heterocycles. The molecule has 4 nitrogen and oxygen atoms in total. The molecule has 0 unspecified atom stereocenters. The standard InChI is InChI=1S/C13H22N2O2S2/c1-12(2,3)11-15-8(6-18-11)7-19-13(4,5)9(14)10(16)17/h6,9H,7,14H2,1-5H3,(H,16,17)/t9-/m1/s1. The van der Waals surface area contributed by atoms with E-state index in [9.17, 15) is 4.79 Å². The molecule has 6 heteroatoms. The first kappa shape index (κ1) is 16.5. The van der Waals surface area contributed by atoms with Crippen molar-refractivity contribution in [2.75, 3.05) is 0 Å². The second-order valence-corrected chi connectivity index (χ2v) is 8.59. The number of nitrogens with two attached hydrogens (primary N) is 1. The van der Waals surface area contributed by atoms with E-state index in [4.69, 9.17) is 10.8 Å². The van der Waals surface area contributed by atoms with Gasteiger partial charge in [0.2, 0.25) is 0 Å². The van der Waals surface area contributed by atoms with Crippen LogP contribution in [0.5, 0.6) is 0 Å². The molecule has 0 fully saturated rings. The molecule has 1 atom stereocenters. The van der Waals surface area contributed by atoms with Gasteiger partial charge in [0.05, 0.1) is 10.7 Å². The molecule has 0 radical (unpaired) electrons. The molecule has 3 N–H and O–H groups in total. The zero-order valence-electron chi connectivity index (χ0n) is 12.1. The van der Waals surface area contributed by atoms with Gasteiger partial charge in [0.25, 0.3) is 0 Å². The van der Waals surface area contributed by atoms with E-state index in [1.54, 1.807) is 11.3 Å². The summed E-state index contributed by atoms with van der Waals surface area (Å²) in [5, 5.41) is 12.1. The maximum atomic E-state index is 10.9. The molecular weight excluding hydrogens is 280 g/mol. The highest BCUT2D eigenvalue weighted by Gasteiger charge is 2.32. The average molecular weight is 302 g/mol. The number of rotatable bonds is 5. The minimum Gasteiger partial charge on any atom is -0.480 e. The fraction of sp³-hybridized carbons (Fsp3) is 0.692. The van der Waals surface area contributed by atoms with E-state index in [2.05, 4.69) is 25.8 Å². The molecule has 0 aliphatic carbocycles. The lowest BCUT2D eigenvalue weighted by molar-refractivity contribution is -0.139. The van der Waals surface area contributed by atoms with Crippen molar-refractivity contribution in [3.05, 3.63) is 16.1 Å². The number of carbonyl (C=O) groups is 1. The van der Waals surface area contributed by atoms with E-state index < -0.39 is 16.8 Å². The Labute approximate surface area is 122 Å². The first-order chi connectivity index (χ1) is 8.54. The molecule has 19 heavy (non-hydrogen) atoms. The zero-order chi connectivity index (χ0) is 14.8. The average Bonchev–Trinajstić information content (AvgIpc) is 2.73. The van der Waals surface area contributed by atoms with Crippen LogP contribution in [0.15, 0.2) is 5.38 Å². The Kier molecular flexibility index (Phi) is 5.03. The minimum atomic E-state index is -0.967. The van der Waals surface area contributed by atoms with Gasteiger partial charge < -0.3 is 10.8 Å². The summed E-state index contributed by atoms with van der Waals surface area (Å²) < 4.78 is -0.517. The summed E-state index contributed by atoms with van der Waals surface area (Å²) in [6.07, 6.45) is 0. The van der Waals surface area contributed by atoms with E-state index in [-0.39, 0.29) is 5.41 Å². The third-order valence-corrected chi connectivity index (χ3v) is 5.56. The number of thiazole rings is 1. The number of carboxylic acid groups (broad SMARTS) is 1. The predicted octanol–water partition coefficient (Wildman–Crippen LogP) is 2.86. The molecule has 1 aromatic rings. The quantitative estimate of drug-likeness (QED) is 0.874. The topological polar surface area (TPSA) is 76.2 Å². The van der Waals surface area contributed by atoms with Crippen molar-refractivity contribution < 1.29 is 9.90 Å². The van der Waals surface area contributed by atoms with Gasteiger partial charge in [0.15, 0.2) is 0 Å². The fourth-order valence-electron chi connectivity index (χ4n) is 1.36. The van der Waals surface area contributed by atoms with Crippen LogP contribution < -0.4 is 5.73 Å². The number of aliphatic carboxylic acids is 1. The molecule has 0 spiro atoms. The lowest BCUT2D eigenvalue weighted by Gasteiger charge is -2.27. The Balaban J connectivity index is 2.67. The van der Waals surface area contributed by atoms with Crippen molar-refractivity contribution in [3.63, 3.8) is 0 Å². The molecular formula is C13H22N2O2S2. The summed E-state index contributed by atoms with van der Waals surface area (Å²) in [5.41, 5.74) is 6.74. The number of hydrogen-bond acceptors (Lipinski definition) is 5. The second-order valence-electron chi connectivity index (χ2n) is 6.10. The molecule has 0 aromatic carbocycles. The number of aromatic nitrogens is 1. The highest BCUT2D eigenvalue weighted by molar-refractivity contribution is 7.99. The molecule has 1 aromatic heterocycles. The van der Waals surface area contributed by atoms with Gasteiger partial charge in [-0.25, -0.2) is 4.98 Å². The Hall–Kier alpha value is -0.590. The number of nitrogens with zero attached hydrogens (tertiary/aromatic N) is 1. The van der Waals surface area contributed by atoms with Gasteiger partial charge >= 0.3 is 5.97 Å². The predicted molar refractivity (Wildman–Crippen MR) is 81.8 cm³/mol. The van der Waals surface area contributed by atoms with Gasteiger partial charge in [0, 0.05) is 21.3 Å². The minimum absolute atomic E-state index is 0.0561. The van der Waals surface area contributed by atoms with E-state index in [1.807, 2.05) is 19.2 Å². The van der Waals surface area contributed by atoms with Crippen molar-refractivity contribution in [2.24, 2.45) is 5.73 Å². The van der Waals surface area contributed by atoms with Gasteiger partial charge in [-0.05, 0) is 13.8 Å². The zero-order valence-corrected chi connectivity index (χ0v) is 13.7. The Morgan fingerprint density at radius 1 is 1.47 bits per heavy atom. The fourth-order valence-corrected chi connectivity index (χ4v) is 3.33. The van der Waals surface area contributed by atoms with Gasteiger partial charge in [-0.2, -0.15) is 0 Å². The summed E-state index contributed by atoms with van der Waals surface area (Å²) in [4.78, 5) is 15.5. The van der Waals surface area contributed by atoms with Crippen molar-refractivity contribution in [3.8, 4) is 0 Å². The first-order valence-electron chi connectivity index (χ1n) is 6.11. The van der Waals surface area contributed by atoms with Crippen molar-refractivity contribution in [2.45, 2.75) is 56.6 Å². The van der Waals surface area contributed by atoms with Crippen LogP contribution in [0.1, 0.15) is 45.3 Å². The second kappa shape index (κ2) is 5.81. The summed E-state index contributed by atoms with van der Waals surface area (Å²) in [7, 11) is 0. The highest BCUT2D eigenvalue weighted by atomic mass is 32.2. The maximum absolute atomic E-state index is 10.9. The van der Waals surface area contributed by atoms with E-state index in [0.717, 1.165) is 10.7 Å². The van der Waals surface area contributed by atoms with Crippen LogP contribution in [0, 0.1) is 0 Å². The van der Waals surface area contributed by atoms with Crippen LogP contribution in [0.3, 0.4) is 0 Å². The Morgan fingerprint density at radius 3 is 2.47 bits per heavy atom. The number of carboxylic acids is 1. The first-order valence-corrected chi connectivity index (χ1v) is 7.98. The summed E-state index contributed by atoms with van der Waals surface area (Å²) in [6, 6.07) is -0.877. The van der Waals surface area contributed by atoms with Crippen LogP contribution >= 0.6 is 23.1 Å². The largest absolute Gasteiger partial charge is 0.480 e. The lowest BCUT2D eigenvalue weighted by Crippen LogP contribution is -2.46. The van der Waals surface area contributed by atoms with Crippen LogP contribution in [-0.2, 0) is 16.0 Å². The number of thioether (sulfide) groups is 1. The molecule has 0 aliphatic rings. The monoisotopic (exact) mass is 302 g/mol. The molecule has 0 bridgehead atoms. The van der Waals surface area contributed by atoms with E-state index in [0.29, 0.717) is 5.75 Å². The molecule has 108 valence electrons. The summed E-state index contributed by atoms with van der Waals surface area (Å²) >= 11 is 3.18. The molecule has 1 rings (SSSR count). The maximum Gasteiger partial charge on any atom is 0.321 e. The Bertz CT molecular complexity index is 450. The molecule has 0 amide bonds.